The Morgan fingerprint density at radius 3 is 2.32 bits per heavy atom. The zero-order chi connectivity index (χ0) is 14.0. The second-order valence-corrected chi connectivity index (χ2v) is 4.62. The topological polar surface area (TPSA) is 57.6 Å². The molecule has 0 heterocycles. The normalized spacial score (nSPS) is 14.2. The summed E-state index contributed by atoms with van der Waals surface area (Å²) in [6.07, 6.45) is 1.81. The first-order valence-electron chi connectivity index (χ1n) is 5.94. The third-order valence-electron chi connectivity index (χ3n) is 2.97. The van der Waals surface area contributed by atoms with Crippen molar-refractivity contribution in [3.05, 3.63) is 35.4 Å². The summed E-state index contributed by atoms with van der Waals surface area (Å²) in [5, 5.41) is 8.77. The molecular weight excluding hydrogens is 256 g/mol. The van der Waals surface area contributed by atoms with E-state index in [2.05, 4.69) is 0 Å². The lowest BCUT2D eigenvalue weighted by molar-refractivity contribution is -0.137. The van der Waals surface area contributed by atoms with Crippen LogP contribution in [-0.4, -0.2) is 35.0 Å². The van der Waals surface area contributed by atoms with E-state index in [9.17, 15) is 18.4 Å². The molecule has 0 unspecified atom stereocenters. The summed E-state index contributed by atoms with van der Waals surface area (Å²) in [4.78, 5) is 23.8. The summed E-state index contributed by atoms with van der Waals surface area (Å²) in [5.74, 6) is -3.83. The SMILES string of the molecule is O=C(O)CN(CC1CC1)C(=O)c1c(F)cccc1F. The van der Waals surface area contributed by atoms with Crippen molar-refractivity contribution in [1.29, 1.82) is 0 Å². The van der Waals surface area contributed by atoms with Crippen LogP contribution >= 0.6 is 0 Å². The summed E-state index contributed by atoms with van der Waals surface area (Å²) in [5.41, 5.74) is -0.690. The maximum atomic E-state index is 13.5. The number of hydrogen-bond acceptors (Lipinski definition) is 2. The average molecular weight is 269 g/mol. The molecule has 0 spiro atoms. The summed E-state index contributed by atoms with van der Waals surface area (Å²) in [7, 11) is 0. The summed E-state index contributed by atoms with van der Waals surface area (Å²) in [6, 6.07) is 3.11. The van der Waals surface area contributed by atoms with Crippen molar-refractivity contribution in [2.75, 3.05) is 13.1 Å². The largest absolute Gasteiger partial charge is 0.480 e. The van der Waals surface area contributed by atoms with Gasteiger partial charge in [-0.3, -0.25) is 9.59 Å². The first-order chi connectivity index (χ1) is 8.99. The van der Waals surface area contributed by atoms with E-state index < -0.39 is 35.6 Å². The quantitative estimate of drug-likeness (QED) is 0.888. The molecular formula is C13H13F2NO3. The van der Waals surface area contributed by atoms with Crippen LogP contribution in [0.1, 0.15) is 23.2 Å². The molecule has 1 N–H and O–H groups in total. The van der Waals surface area contributed by atoms with Crippen LogP contribution in [0.4, 0.5) is 8.78 Å². The van der Waals surface area contributed by atoms with Crippen LogP contribution in [0.25, 0.3) is 0 Å². The van der Waals surface area contributed by atoms with Gasteiger partial charge in [0.05, 0.1) is 0 Å². The molecule has 1 amide bonds. The molecule has 0 aliphatic heterocycles. The minimum atomic E-state index is -1.20. The van der Waals surface area contributed by atoms with Gasteiger partial charge in [0.15, 0.2) is 0 Å². The summed E-state index contributed by atoms with van der Waals surface area (Å²) >= 11 is 0. The van der Waals surface area contributed by atoms with Crippen molar-refractivity contribution >= 4 is 11.9 Å². The summed E-state index contributed by atoms with van der Waals surface area (Å²) < 4.78 is 27.0. The van der Waals surface area contributed by atoms with Gasteiger partial charge in [-0.05, 0) is 30.9 Å². The second kappa shape index (κ2) is 5.34. The molecule has 0 radical (unpaired) electrons. The van der Waals surface area contributed by atoms with Gasteiger partial charge in [-0.2, -0.15) is 0 Å². The third kappa shape index (κ3) is 3.27. The number of benzene rings is 1. The monoisotopic (exact) mass is 269 g/mol. The minimum Gasteiger partial charge on any atom is -0.480 e. The molecule has 1 aromatic rings. The van der Waals surface area contributed by atoms with Gasteiger partial charge in [0.25, 0.3) is 5.91 Å². The lowest BCUT2D eigenvalue weighted by Gasteiger charge is -2.21. The molecule has 1 aromatic carbocycles. The molecule has 1 aliphatic rings. The molecule has 0 aromatic heterocycles. The Balaban J connectivity index is 2.24. The highest BCUT2D eigenvalue weighted by Gasteiger charge is 2.30. The molecule has 0 bridgehead atoms. The van der Waals surface area contributed by atoms with Crippen LogP contribution in [0, 0.1) is 17.6 Å². The molecule has 2 rings (SSSR count). The van der Waals surface area contributed by atoms with Crippen LogP contribution < -0.4 is 0 Å². The number of hydrogen-bond donors (Lipinski definition) is 1. The van der Waals surface area contributed by atoms with E-state index in [1.807, 2.05) is 0 Å². The smallest absolute Gasteiger partial charge is 0.323 e. The Kier molecular flexibility index (Phi) is 3.78. The van der Waals surface area contributed by atoms with E-state index in [0.717, 1.165) is 35.9 Å². The van der Waals surface area contributed by atoms with Gasteiger partial charge in [-0.25, -0.2) is 8.78 Å². The predicted octanol–water partition coefficient (Wildman–Crippen LogP) is 1.90. The number of halogens is 2. The number of carboxylic acid groups (broad SMARTS) is 1. The molecule has 6 heteroatoms. The van der Waals surface area contributed by atoms with Gasteiger partial charge in [-0.1, -0.05) is 6.07 Å². The van der Waals surface area contributed by atoms with Crippen molar-refractivity contribution in [2.45, 2.75) is 12.8 Å². The highest BCUT2D eigenvalue weighted by atomic mass is 19.1. The number of carbonyl (C=O) groups excluding carboxylic acids is 1. The van der Waals surface area contributed by atoms with E-state index in [1.165, 1.54) is 0 Å². The fourth-order valence-corrected chi connectivity index (χ4v) is 1.85. The lowest BCUT2D eigenvalue weighted by atomic mass is 10.1. The van der Waals surface area contributed by atoms with E-state index in [4.69, 9.17) is 5.11 Å². The fourth-order valence-electron chi connectivity index (χ4n) is 1.85. The Labute approximate surface area is 108 Å². The van der Waals surface area contributed by atoms with E-state index in [0.29, 0.717) is 0 Å². The molecule has 4 nitrogen and oxygen atoms in total. The van der Waals surface area contributed by atoms with Crippen LogP contribution in [0.3, 0.4) is 0 Å². The predicted molar refractivity (Wildman–Crippen MR) is 62.6 cm³/mol. The first-order valence-corrected chi connectivity index (χ1v) is 5.94. The molecule has 0 saturated heterocycles. The van der Waals surface area contributed by atoms with Crippen molar-refractivity contribution in [2.24, 2.45) is 5.92 Å². The van der Waals surface area contributed by atoms with Crippen molar-refractivity contribution in [3.63, 3.8) is 0 Å². The van der Waals surface area contributed by atoms with Gasteiger partial charge >= 0.3 is 5.97 Å². The number of rotatable bonds is 5. The Bertz CT molecular complexity index is 494. The van der Waals surface area contributed by atoms with Gasteiger partial charge in [-0.15, -0.1) is 0 Å². The van der Waals surface area contributed by atoms with Gasteiger partial charge < -0.3 is 10.0 Å². The van der Waals surface area contributed by atoms with Crippen molar-refractivity contribution in [3.8, 4) is 0 Å². The number of nitrogens with zero attached hydrogens (tertiary/aromatic N) is 1. The van der Waals surface area contributed by atoms with Gasteiger partial charge in [0.2, 0.25) is 0 Å². The van der Waals surface area contributed by atoms with Crippen molar-refractivity contribution < 1.29 is 23.5 Å². The molecule has 1 aliphatic carbocycles. The lowest BCUT2D eigenvalue weighted by Crippen LogP contribution is -2.38. The minimum absolute atomic E-state index is 0.221. The van der Waals surface area contributed by atoms with E-state index in [1.54, 1.807) is 0 Å². The first kappa shape index (κ1) is 13.5. The van der Waals surface area contributed by atoms with Crippen molar-refractivity contribution in [1.82, 2.24) is 4.90 Å². The maximum Gasteiger partial charge on any atom is 0.323 e. The zero-order valence-corrected chi connectivity index (χ0v) is 10.1. The Morgan fingerprint density at radius 2 is 1.84 bits per heavy atom. The van der Waals surface area contributed by atoms with Gasteiger partial charge in [0.1, 0.15) is 23.7 Å². The third-order valence-corrected chi connectivity index (χ3v) is 2.97. The average Bonchev–Trinajstić information content (AvgIpc) is 3.11. The van der Waals surface area contributed by atoms with E-state index >= 15 is 0 Å². The van der Waals surface area contributed by atoms with Crippen LogP contribution in [-0.2, 0) is 4.79 Å². The number of carboxylic acids is 1. The number of amides is 1. The Morgan fingerprint density at radius 1 is 1.26 bits per heavy atom. The highest BCUT2D eigenvalue weighted by Crippen LogP contribution is 2.30. The molecule has 19 heavy (non-hydrogen) atoms. The van der Waals surface area contributed by atoms with Crippen LogP contribution in [0.15, 0.2) is 18.2 Å². The highest BCUT2D eigenvalue weighted by molar-refractivity contribution is 5.96. The Hall–Kier alpha value is -1.98. The number of carbonyl (C=O) groups is 2. The fraction of sp³-hybridized carbons (Fsp3) is 0.385. The van der Waals surface area contributed by atoms with E-state index in [-0.39, 0.29) is 12.5 Å². The second-order valence-electron chi connectivity index (χ2n) is 4.62. The standard InChI is InChI=1S/C13H13F2NO3/c14-9-2-1-3-10(15)12(9)13(19)16(7-11(17)18)6-8-4-5-8/h1-3,8H,4-7H2,(H,17,18). The molecule has 102 valence electrons. The maximum absolute atomic E-state index is 13.5. The molecule has 0 atom stereocenters. The summed E-state index contributed by atoms with van der Waals surface area (Å²) in [6.45, 7) is -0.331. The van der Waals surface area contributed by atoms with Crippen LogP contribution in [0.5, 0.6) is 0 Å². The molecule has 1 fully saturated rings. The molecule has 1 saturated carbocycles. The van der Waals surface area contributed by atoms with Crippen LogP contribution in [0.2, 0.25) is 0 Å². The van der Waals surface area contributed by atoms with Gasteiger partial charge in [0, 0.05) is 6.54 Å². The zero-order valence-electron chi connectivity index (χ0n) is 10.1. The number of aliphatic carboxylic acids is 1.